The molecular formula is C4H9NY-2. The first-order valence-corrected chi connectivity index (χ1v) is 1.10. The normalized spacial score (nSPS) is 3.50. The summed E-state index contributed by atoms with van der Waals surface area (Å²) in [6.45, 7) is 3.24. The predicted molar refractivity (Wildman–Crippen MR) is 24.3 cm³/mol. The maximum atomic E-state index is 3.24. The van der Waals surface area contributed by atoms with Crippen LogP contribution in [0.25, 0.3) is 0 Å². The molecule has 0 aliphatic heterocycles. The fourth-order valence-electron chi connectivity index (χ4n) is 0. The van der Waals surface area contributed by atoms with Crippen LogP contribution in [0.4, 0.5) is 0 Å². The Labute approximate surface area is 65.1 Å². The Morgan fingerprint density at radius 3 is 1.83 bits per heavy atom. The molecule has 1 radical (unpaired) electrons. The summed E-state index contributed by atoms with van der Waals surface area (Å²) in [7, 11) is 1.76. The van der Waals surface area contributed by atoms with Gasteiger partial charge in [-0.2, -0.15) is 0 Å². The minimum atomic E-state index is 0. The molecule has 1 N–H and O–H groups in total. The molecule has 0 amide bonds. The summed E-state index contributed by atoms with van der Waals surface area (Å²) in [5, 5.41) is 2.57. The van der Waals surface area contributed by atoms with Gasteiger partial charge in [-0.05, 0) is 7.05 Å². The maximum absolute atomic E-state index is 3.24. The van der Waals surface area contributed by atoms with Crippen molar-refractivity contribution in [3.05, 3.63) is 20.2 Å². The van der Waals surface area contributed by atoms with Gasteiger partial charge in [0.25, 0.3) is 0 Å². The van der Waals surface area contributed by atoms with Gasteiger partial charge in [0.2, 0.25) is 0 Å². The summed E-state index contributed by atoms with van der Waals surface area (Å²) < 4.78 is 0. The zero-order valence-electron chi connectivity index (χ0n) is 4.28. The van der Waals surface area contributed by atoms with Crippen LogP contribution in [-0.4, -0.2) is 7.05 Å². The van der Waals surface area contributed by atoms with Gasteiger partial charge in [0.1, 0.15) is 0 Å². The van der Waals surface area contributed by atoms with Crippen molar-refractivity contribution in [2.24, 2.45) is 0 Å². The van der Waals surface area contributed by atoms with Crippen molar-refractivity contribution < 1.29 is 32.7 Å². The molecule has 0 heterocycles. The van der Waals surface area contributed by atoms with Crippen molar-refractivity contribution in [1.29, 1.82) is 0 Å². The Kier molecular flexibility index (Phi) is 46.3. The van der Waals surface area contributed by atoms with E-state index < -0.39 is 0 Å². The fraction of sp³-hybridized carbons (Fsp3) is 0.250. The molecule has 0 saturated carbocycles. The van der Waals surface area contributed by atoms with E-state index in [4.69, 9.17) is 0 Å². The second-order valence-electron chi connectivity index (χ2n) is 0.427. The number of hydrogen-bond donors (Lipinski definition) is 1. The topological polar surface area (TPSA) is 12.0 Å². The average molecular weight is 160 g/mol. The Morgan fingerprint density at radius 2 is 1.83 bits per heavy atom. The molecular weight excluding hydrogens is 151 g/mol. The third-order valence-corrected chi connectivity index (χ3v) is 0.177. The third-order valence-electron chi connectivity index (χ3n) is 0.177. The average Bonchev–Trinajstić information content (AvgIpc) is 1.37. The van der Waals surface area contributed by atoms with E-state index in [1.54, 1.807) is 7.05 Å². The van der Waals surface area contributed by atoms with Gasteiger partial charge in [-0.1, -0.05) is 0 Å². The van der Waals surface area contributed by atoms with Crippen molar-refractivity contribution >= 4 is 0 Å². The van der Waals surface area contributed by atoms with E-state index in [-0.39, 0.29) is 40.1 Å². The van der Waals surface area contributed by atoms with E-state index in [0.29, 0.717) is 0 Å². The molecule has 0 aliphatic rings. The molecule has 1 nitrogen and oxygen atoms in total. The van der Waals surface area contributed by atoms with Crippen LogP contribution in [0.2, 0.25) is 0 Å². The molecule has 2 heteroatoms. The summed E-state index contributed by atoms with van der Waals surface area (Å²) in [6, 6.07) is 0. The quantitative estimate of drug-likeness (QED) is 0.437. The predicted octanol–water partition coefficient (Wildman–Crippen LogP) is 0.600. The molecule has 35 valence electrons. The van der Waals surface area contributed by atoms with E-state index in [1.165, 1.54) is 0 Å². The minimum absolute atomic E-state index is 0. The Hall–Kier alpha value is 0.644. The largest absolute Gasteiger partial charge is 0.570 e. The smallest absolute Gasteiger partial charge is 0 e. The summed E-state index contributed by atoms with van der Waals surface area (Å²) in [5.41, 5.74) is 0. The molecule has 0 aromatic rings. The molecule has 0 aliphatic carbocycles. The van der Waals surface area contributed by atoms with Crippen molar-refractivity contribution in [3.63, 3.8) is 0 Å². The first-order valence-electron chi connectivity index (χ1n) is 1.10. The first kappa shape index (κ1) is 15.9. The molecule has 0 atom stereocenters. The molecule has 0 rings (SSSR count). The molecule has 0 spiro atoms. The van der Waals surface area contributed by atoms with Gasteiger partial charge in [0, 0.05) is 32.7 Å². The standard InChI is InChI=1S/C3H6N.CH3.Y/c1-3-4-2;;/h4H,1H2,2H3;1H3;/q2*-1;. The van der Waals surface area contributed by atoms with Gasteiger partial charge in [-0.3, -0.25) is 6.58 Å². The molecule has 6 heavy (non-hydrogen) atoms. The van der Waals surface area contributed by atoms with Crippen LogP contribution in [0.3, 0.4) is 0 Å². The van der Waals surface area contributed by atoms with E-state index in [1.807, 2.05) is 0 Å². The van der Waals surface area contributed by atoms with Gasteiger partial charge >= 0.3 is 0 Å². The van der Waals surface area contributed by atoms with Crippen molar-refractivity contribution in [3.8, 4) is 0 Å². The van der Waals surface area contributed by atoms with E-state index in [0.717, 1.165) is 0 Å². The zero-order chi connectivity index (χ0) is 3.41. The summed E-state index contributed by atoms with van der Waals surface area (Å²) in [4.78, 5) is 0. The van der Waals surface area contributed by atoms with E-state index >= 15 is 0 Å². The van der Waals surface area contributed by atoms with Crippen LogP contribution in [0.5, 0.6) is 0 Å². The van der Waals surface area contributed by atoms with Gasteiger partial charge < -0.3 is 18.9 Å². The molecule has 0 unspecified atom stereocenters. The number of rotatable bonds is 1. The molecule has 0 aromatic heterocycles. The number of hydrogen-bond acceptors (Lipinski definition) is 1. The van der Waals surface area contributed by atoms with E-state index in [9.17, 15) is 0 Å². The Morgan fingerprint density at radius 1 is 1.67 bits per heavy atom. The molecule has 0 aromatic carbocycles. The number of nitrogens with one attached hydrogen (secondary N) is 1. The monoisotopic (exact) mass is 160 g/mol. The second-order valence-corrected chi connectivity index (χ2v) is 0.427. The van der Waals surface area contributed by atoms with Gasteiger partial charge in [-0.25, -0.2) is 0 Å². The third kappa shape index (κ3) is 22.8. The van der Waals surface area contributed by atoms with Gasteiger partial charge in [0.05, 0.1) is 0 Å². The minimum Gasteiger partial charge on any atom is -0.570 e. The Balaban J connectivity index is -0.0000000450. The van der Waals surface area contributed by atoms with Crippen LogP contribution in [0.1, 0.15) is 0 Å². The Bertz CT molecular complexity index is 21.5. The fourth-order valence-corrected chi connectivity index (χ4v) is 0. The van der Waals surface area contributed by atoms with Crippen LogP contribution in [0, 0.1) is 13.6 Å². The van der Waals surface area contributed by atoms with Crippen LogP contribution >= 0.6 is 0 Å². The SMILES string of the molecule is C=[C-]NC.[CH3-].[Y]. The van der Waals surface area contributed by atoms with Crippen molar-refractivity contribution in [2.75, 3.05) is 7.05 Å². The zero-order valence-corrected chi connectivity index (χ0v) is 7.12. The van der Waals surface area contributed by atoms with Gasteiger partial charge in [-0.15, -0.1) is 0 Å². The summed E-state index contributed by atoms with van der Waals surface area (Å²) in [5.74, 6) is 0. The first-order chi connectivity index (χ1) is 1.91. The second kappa shape index (κ2) is 17.4. The van der Waals surface area contributed by atoms with Crippen LogP contribution in [0.15, 0.2) is 6.58 Å². The van der Waals surface area contributed by atoms with Crippen LogP contribution in [-0.2, 0) is 32.7 Å². The molecule has 0 saturated heterocycles. The molecule has 0 bridgehead atoms. The summed E-state index contributed by atoms with van der Waals surface area (Å²) >= 11 is 0. The van der Waals surface area contributed by atoms with Crippen molar-refractivity contribution in [2.45, 2.75) is 0 Å². The summed E-state index contributed by atoms with van der Waals surface area (Å²) in [6.07, 6.45) is 2.43. The van der Waals surface area contributed by atoms with Crippen LogP contribution < -0.4 is 5.32 Å². The van der Waals surface area contributed by atoms with Crippen molar-refractivity contribution in [1.82, 2.24) is 5.32 Å². The van der Waals surface area contributed by atoms with Gasteiger partial charge in [0.15, 0.2) is 0 Å². The van der Waals surface area contributed by atoms with E-state index in [2.05, 4.69) is 18.1 Å². The maximum Gasteiger partial charge on any atom is 0 e. The molecule has 0 fully saturated rings.